The summed E-state index contributed by atoms with van der Waals surface area (Å²) in [6, 6.07) is 32.1. The third kappa shape index (κ3) is 9.55. The Balaban J connectivity index is 0.000000187. The zero-order chi connectivity index (χ0) is 40.2. The van der Waals surface area contributed by atoms with Crippen molar-refractivity contribution in [3.63, 3.8) is 0 Å². The first-order valence-corrected chi connectivity index (χ1v) is 20.7. The number of ketones is 1. The van der Waals surface area contributed by atoms with Crippen LogP contribution in [0.2, 0.25) is 0 Å². The van der Waals surface area contributed by atoms with Crippen LogP contribution in [0.3, 0.4) is 0 Å². The van der Waals surface area contributed by atoms with Crippen molar-refractivity contribution in [1.29, 1.82) is 0 Å². The Bertz CT molecular complexity index is 2580. The van der Waals surface area contributed by atoms with Crippen LogP contribution in [0.1, 0.15) is 118 Å². The van der Waals surface area contributed by atoms with Gasteiger partial charge in [-0.05, 0) is 80.0 Å². The molecule has 2 fully saturated rings. The smallest absolute Gasteiger partial charge is 0.335 e. The van der Waals surface area contributed by atoms with Gasteiger partial charge in [-0.2, -0.15) is 24.3 Å². The molecule has 4 aromatic carbocycles. The third-order valence-corrected chi connectivity index (χ3v) is 11.5. The monoisotopic (exact) mass is 946 g/mol. The average Bonchev–Trinajstić information content (AvgIpc) is 3.86. The average molecular weight is 947 g/mol. The van der Waals surface area contributed by atoms with Crippen molar-refractivity contribution in [2.75, 3.05) is 0 Å². The predicted molar refractivity (Wildman–Crippen MR) is 231 cm³/mol. The van der Waals surface area contributed by atoms with Crippen LogP contribution in [0.5, 0.6) is 0 Å². The standard InChI is InChI=1S/C24H22N3O.C23H20N3O2.C2H6.2Y/c1-16(28)17-10-12-23-22(15-17)26-24(27(23)20-7-3-2-4-8-20)19-9-11-21-18(14-19)6-5-13-25-21;27-23(28)17-9-11-21-20(14-17)25-22(26(21)18-6-2-1-3-7-18)16-8-10-19-15(13-16)5-4-12-24-19;1-2;;/h5-6,9-12,14-15,20H,2-4,7-8H2,1H3;4-5,8-11,13-14,18H,1-3,6-7H2,(H,27,28);1-2H3;;/q2*-1;;;. The van der Waals surface area contributed by atoms with Crippen molar-refractivity contribution in [3.05, 3.63) is 121 Å². The molecule has 1 N–H and O–H groups in total. The minimum absolute atomic E-state index is 0. The van der Waals surface area contributed by atoms with E-state index in [1.165, 1.54) is 51.4 Å². The van der Waals surface area contributed by atoms with Crippen LogP contribution in [-0.4, -0.2) is 45.9 Å². The van der Waals surface area contributed by atoms with Gasteiger partial charge in [0, 0.05) is 94.2 Å². The Morgan fingerprint density at radius 2 is 1.00 bits per heavy atom. The zero-order valence-electron chi connectivity index (χ0n) is 34.6. The number of fused-ring (bicyclic) bond motifs is 4. The number of benzene rings is 4. The molecule has 8 aromatic rings. The van der Waals surface area contributed by atoms with Crippen LogP contribution in [0.4, 0.5) is 0 Å². The van der Waals surface area contributed by atoms with Crippen molar-refractivity contribution >= 4 is 55.6 Å². The molecular formula is C49H48N6O3Y2-2. The van der Waals surface area contributed by atoms with E-state index < -0.39 is 5.97 Å². The van der Waals surface area contributed by atoms with Crippen LogP contribution in [0, 0.1) is 12.4 Å². The molecule has 60 heavy (non-hydrogen) atoms. The van der Waals surface area contributed by atoms with Gasteiger partial charge in [0.2, 0.25) is 0 Å². The van der Waals surface area contributed by atoms with E-state index in [1.807, 2.05) is 74.5 Å². The maximum atomic E-state index is 11.9. The number of pyridine rings is 2. The molecule has 2 aliphatic carbocycles. The Labute approximate surface area is 401 Å². The quantitative estimate of drug-likeness (QED) is 0.130. The number of hydrogen-bond acceptors (Lipinski definition) is 6. The molecule has 0 unspecified atom stereocenters. The van der Waals surface area contributed by atoms with Gasteiger partial charge >= 0.3 is 5.97 Å². The van der Waals surface area contributed by atoms with Crippen LogP contribution in [0.15, 0.2) is 97.1 Å². The molecule has 0 spiro atoms. The summed E-state index contributed by atoms with van der Waals surface area (Å²) in [6.07, 6.45) is 17.9. The number of carboxylic acids is 1. The number of carbonyl (C=O) groups is 2. The number of imidazole rings is 2. The molecule has 0 atom stereocenters. The van der Waals surface area contributed by atoms with Crippen LogP contribution < -0.4 is 0 Å². The van der Waals surface area contributed by atoms with Gasteiger partial charge in [0.05, 0.1) is 27.6 Å². The molecule has 2 saturated carbocycles. The van der Waals surface area contributed by atoms with Crippen molar-refractivity contribution in [2.24, 2.45) is 0 Å². The molecule has 300 valence electrons. The fourth-order valence-electron chi connectivity index (χ4n) is 8.70. The minimum Gasteiger partial charge on any atom is -0.478 e. The Morgan fingerprint density at radius 1 is 0.567 bits per heavy atom. The van der Waals surface area contributed by atoms with E-state index in [0.717, 1.165) is 79.5 Å². The third-order valence-electron chi connectivity index (χ3n) is 11.5. The molecule has 0 saturated heterocycles. The minimum atomic E-state index is -0.927. The topological polar surface area (TPSA) is 116 Å². The molecule has 0 amide bonds. The predicted octanol–water partition coefficient (Wildman–Crippen LogP) is 12.0. The summed E-state index contributed by atoms with van der Waals surface area (Å²) in [5, 5.41) is 11.5. The number of carbonyl (C=O) groups excluding carboxylic acids is 1. The molecule has 10 rings (SSSR count). The van der Waals surface area contributed by atoms with Gasteiger partial charge in [-0.25, -0.2) is 14.8 Å². The summed E-state index contributed by atoms with van der Waals surface area (Å²) in [4.78, 5) is 41.7. The van der Waals surface area contributed by atoms with Crippen LogP contribution >= 0.6 is 0 Å². The van der Waals surface area contributed by atoms with Crippen molar-refractivity contribution in [3.8, 4) is 22.8 Å². The number of carboxylic acid groups (broad SMARTS) is 1. The van der Waals surface area contributed by atoms with E-state index in [0.29, 0.717) is 17.6 Å². The SMILES string of the molecule is CC.CC(=O)c1ccc2c(c1)nc(-c1ccc3n[c-]ccc3c1)n2C1CCCCC1.O=C(O)c1ccc2c(c1)nc(-c1ccc3n[c-]ccc3c1)n2C1CCCCC1.[Y].[Y]. The van der Waals surface area contributed by atoms with E-state index in [1.54, 1.807) is 19.1 Å². The summed E-state index contributed by atoms with van der Waals surface area (Å²) in [6.45, 7) is 5.60. The molecule has 4 heterocycles. The second-order valence-corrected chi connectivity index (χ2v) is 15.2. The summed E-state index contributed by atoms with van der Waals surface area (Å²) >= 11 is 0. The van der Waals surface area contributed by atoms with E-state index in [-0.39, 0.29) is 76.8 Å². The summed E-state index contributed by atoms with van der Waals surface area (Å²) in [7, 11) is 0. The Hall–Kier alpha value is -4.01. The van der Waals surface area contributed by atoms with Gasteiger partial charge in [-0.1, -0.05) is 101 Å². The van der Waals surface area contributed by atoms with Gasteiger partial charge in [-0.3, -0.25) is 4.79 Å². The Kier molecular flexibility index (Phi) is 15.7. The molecule has 9 nitrogen and oxygen atoms in total. The van der Waals surface area contributed by atoms with Crippen molar-refractivity contribution in [1.82, 2.24) is 29.1 Å². The molecule has 2 radical (unpaired) electrons. The number of Topliss-reactive ketones (excluding diaryl/α,β-unsaturated/α-hetero) is 1. The maximum Gasteiger partial charge on any atom is 0.335 e. The molecule has 0 bridgehead atoms. The van der Waals surface area contributed by atoms with E-state index >= 15 is 0 Å². The van der Waals surface area contributed by atoms with Crippen LogP contribution in [-0.2, 0) is 65.4 Å². The molecule has 11 heteroatoms. The Morgan fingerprint density at radius 3 is 1.43 bits per heavy atom. The first-order chi connectivity index (χ1) is 28.4. The maximum absolute atomic E-state index is 11.9. The number of aromatic nitrogens is 6. The number of nitrogens with zero attached hydrogens (tertiary/aromatic N) is 6. The summed E-state index contributed by atoms with van der Waals surface area (Å²) < 4.78 is 4.73. The zero-order valence-corrected chi connectivity index (χ0v) is 40.2. The largest absolute Gasteiger partial charge is 0.478 e. The second kappa shape index (κ2) is 20.7. The second-order valence-electron chi connectivity index (χ2n) is 15.2. The van der Waals surface area contributed by atoms with E-state index in [9.17, 15) is 14.7 Å². The van der Waals surface area contributed by atoms with Gasteiger partial charge in [0.15, 0.2) is 5.78 Å². The number of rotatable bonds is 6. The number of hydrogen-bond donors (Lipinski definition) is 1. The van der Waals surface area contributed by atoms with Gasteiger partial charge in [0.25, 0.3) is 0 Å². The molecule has 0 aliphatic heterocycles. The fourth-order valence-corrected chi connectivity index (χ4v) is 8.70. The van der Waals surface area contributed by atoms with Crippen molar-refractivity contribution in [2.45, 2.75) is 97.1 Å². The van der Waals surface area contributed by atoms with Gasteiger partial charge in [0.1, 0.15) is 11.6 Å². The normalized spacial score (nSPS) is 14.4. The van der Waals surface area contributed by atoms with Gasteiger partial charge in [-0.15, -0.1) is 10.8 Å². The van der Waals surface area contributed by atoms with Crippen molar-refractivity contribution < 1.29 is 80.1 Å². The van der Waals surface area contributed by atoms with Crippen LogP contribution in [0.25, 0.3) is 66.6 Å². The summed E-state index contributed by atoms with van der Waals surface area (Å²) in [5.41, 5.74) is 8.69. The first-order valence-electron chi connectivity index (χ1n) is 20.7. The fraction of sp³-hybridized carbons (Fsp3) is 0.306. The first kappa shape index (κ1) is 45.5. The van der Waals surface area contributed by atoms with Gasteiger partial charge < -0.3 is 24.2 Å². The molecule has 4 aromatic heterocycles. The molecule has 2 aliphatic rings. The number of aromatic carboxylic acids is 1. The summed E-state index contributed by atoms with van der Waals surface area (Å²) in [5.74, 6) is 1.03. The van der Waals surface area contributed by atoms with E-state index in [2.05, 4.69) is 55.8 Å². The molecular weight excluding hydrogens is 898 g/mol. The van der Waals surface area contributed by atoms with E-state index in [4.69, 9.17) is 9.97 Å².